The average Bonchev–Trinajstić information content (AvgIpc) is 3.30. The summed E-state index contributed by atoms with van der Waals surface area (Å²) in [5.74, 6) is 1.38. The third-order valence-electron chi connectivity index (χ3n) is 5.28. The molecule has 2 aromatic carbocycles. The van der Waals surface area contributed by atoms with Crippen LogP contribution >= 0.6 is 11.6 Å². The number of ether oxygens (including phenoxy) is 3. The van der Waals surface area contributed by atoms with Gasteiger partial charge in [-0.25, -0.2) is 0 Å². The summed E-state index contributed by atoms with van der Waals surface area (Å²) >= 11 is 6.41. The molecule has 0 saturated carbocycles. The highest BCUT2D eigenvalue weighted by Crippen LogP contribution is 2.30. The van der Waals surface area contributed by atoms with Gasteiger partial charge in [0.1, 0.15) is 17.6 Å². The second-order valence-corrected chi connectivity index (χ2v) is 7.82. The number of aromatic amines is 1. The van der Waals surface area contributed by atoms with Gasteiger partial charge in [0.25, 0.3) is 5.56 Å². The van der Waals surface area contributed by atoms with Crippen molar-refractivity contribution in [2.24, 2.45) is 5.92 Å². The molecule has 1 aliphatic rings. The normalized spacial score (nSPS) is 15.6. The van der Waals surface area contributed by atoms with Gasteiger partial charge in [0.05, 0.1) is 36.4 Å². The van der Waals surface area contributed by atoms with Crippen molar-refractivity contribution in [3.8, 4) is 17.6 Å². The predicted octanol–water partition coefficient (Wildman–Crippen LogP) is 4.09. The van der Waals surface area contributed by atoms with Crippen molar-refractivity contribution in [1.82, 2.24) is 4.98 Å². The molecule has 7 nitrogen and oxygen atoms in total. The van der Waals surface area contributed by atoms with Crippen LogP contribution in [-0.2, 0) is 11.3 Å². The Morgan fingerprint density at radius 2 is 2.16 bits per heavy atom. The van der Waals surface area contributed by atoms with Crippen LogP contribution in [0.3, 0.4) is 0 Å². The molecular formula is C23H22ClN3O4. The zero-order valence-corrected chi connectivity index (χ0v) is 17.8. The van der Waals surface area contributed by atoms with Crippen molar-refractivity contribution in [2.75, 3.05) is 32.2 Å². The van der Waals surface area contributed by atoms with Crippen LogP contribution in [0.25, 0.3) is 10.9 Å². The van der Waals surface area contributed by atoms with E-state index in [9.17, 15) is 4.79 Å². The maximum absolute atomic E-state index is 12.6. The number of nitrogens with zero attached hydrogens (tertiary/aromatic N) is 1. The third-order valence-corrected chi connectivity index (χ3v) is 5.57. The lowest BCUT2D eigenvalue weighted by Crippen LogP contribution is -2.16. The minimum Gasteiger partial charge on any atom is -0.495 e. The van der Waals surface area contributed by atoms with E-state index in [-0.39, 0.29) is 5.56 Å². The van der Waals surface area contributed by atoms with Crippen molar-refractivity contribution in [2.45, 2.75) is 13.0 Å². The maximum Gasteiger partial charge on any atom is 0.253 e. The molecule has 4 rings (SSSR count). The van der Waals surface area contributed by atoms with E-state index in [0.29, 0.717) is 58.8 Å². The number of hydrogen-bond acceptors (Lipinski definition) is 6. The van der Waals surface area contributed by atoms with Crippen molar-refractivity contribution >= 4 is 28.2 Å². The topological polar surface area (TPSA) is 96.4 Å². The number of fused-ring (bicyclic) bond motifs is 1. The molecule has 8 heteroatoms. The Morgan fingerprint density at radius 1 is 1.29 bits per heavy atom. The first-order valence-corrected chi connectivity index (χ1v) is 10.3. The van der Waals surface area contributed by atoms with E-state index in [0.717, 1.165) is 24.1 Å². The predicted molar refractivity (Wildman–Crippen MR) is 119 cm³/mol. The van der Waals surface area contributed by atoms with E-state index in [4.69, 9.17) is 31.1 Å². The van der Waals surface area contributed by atoms with E-state index >= 15 is 0 Å². The quantitative estimate of drug-likeness (QED) is 0.575. The number of pyridine rings is 1. The highest BCUT2D eigenvalue weighted by molar-refractivity contribution is 6.32. The van der Waals surface area contributed by atoms with Crippen LogP contribution < -0.4 is 20.3 Å². The highest BCUT2D eigenvalue weighted by Gasteiger charge is 2.17. The van der Waals surface area contributed by atoms with E-state index in [1.54, 1.807) is 30.3 Å². The number of nitriles is 1. The van der Waals surface area contributed by atoms with Gasteiger partial charge >= 0.3 is 0 Å². The standard InChI is InChI=1S/C23H22ClN3O4/c1-29-21-8-18(3-2-15(21)10-25)26-11-17-6-16-7-19(24)22(9-20(16)27-23(17)28)31-13-14-4-5-30-12-14/h2-3,6-9,14,26H,4-5,11-13H2,1H3,(H,27,28)/t14-/m0/s1. The lowest BCUT2D eigenvalue weighted by atomic mass is 10.1. The Labute approximate surface area is 184 Å². The Balaban J connectivity index is 1.51. The molecule has 160 valence electrons. The zero-order valence-electron chi connectivity index (χ0n) is 17.0. The second-order valence-electron chi connectivity index (χ2n) is 7.41. The SMILES string of the molecule is COc1cc(NCc2cc3cc(Cl)c(OC[C@H]4CCOC4)cc3[nH]c2=O)ccc1C#N. The summed E-state index contributed by atoms with van der Waals surface area (Å²) in [6, 6.07) is 12.6. The van der Waals surface area contributed by atoms with Crippen LogP contribution in [-0.4, -0.2) is 31.9 Å². The Bertz CT molecular complexity index is 1200. The molecule has 1 saturated heterocycles. The average molecular weight is 440 g/mol. The second kappa shape index (κ2) is 9.29. The summed E-state index contributed by atoms with van der Waals surface area (Å²) < 4.78 is 16.5. The van der Waals surface area contributed by atoms with Crippen molar-refractivity contribution in [3.05, 3.63) is 62.9 Å². The first-order valence-electron chi connectivity index (χ1n) is 9.95. The first-order chi connectivity index (χ1) is 15.1. The fourth-order valence-electron chi connectivity index (χ4n) is 3.51. The molecule has 2 heterocycles. The van der Waals surface area contributed by atoms with Crippen molar-refractivity contribution in [3.63, 3.8) is 0 Å². The third kappa shape index (κ3) is 4.76. The Hall–Kier alpha value is -3.21. The number of anilines is 1. The van der Waals surface area contributed by atoms with Crippen LogP contribution in [0.2, 0.25) is 5.02 Å². The molecule has 1 fully saturated rings. The maximum atomic E-state index is 12.6. The molecule has 0 bridgehead atoms. The number of benzene rings is 2. The van der Waals surface area contributed by atoms with E-state index < -0.39 is 0 Å². The van der Waals surface area contributed by atoms with Gasteiger partial charge in [0, 0.05) is 47.8 Å². The minimum atomic E-state index is -0.196. The van der Waals surface area contributed by atoms with E-state index in [1.165, 1.54) is 7.11 Å². The van der Waals surface area contributed by atoms with Gasteiger partial charge in [-0.15, -0.1) is 0 Å². The van der Waals surface area contributed by atoms with Crippen LogP contribution in [0.4, 0.5) is 5.69 Å². The molecule has 0 amide bonds. The molecule has 2 N–H and O–H groups in total. The van der Waals surface area contributed by atoms with Gasteiger partial charge in [-0.2, -0.15) is 5.26 Å². The number of aromatic nitrogens is 1. The molecule has 1 aliphatic heterocycles. The lowest BCUT2D eigenvalue weighted by Gasteiger charge is -2.13. The lowest BCUT2D eigenvalue weighted by molar-refractivity contribution is 0.167. The smallest absolute Gasteiger partial charge is 0.253 e. The van der Waals surface area contributed by atoms with Gasteiger partial charge in [0.15, 0.2) is 0 Å². The monoisotopic (exact) mass is 439 g/mol. The number of halogens is 1. The fourth-order valence-corrected chi connectivity index (χ4v) is 3.73. The summed E-state index contributed by atoms with van der Waals surface area (Å²) in [6.45, 7) is 2.30. The number of hydrogen-bond donors (Lipinski definition) is 2. The summed E-state index contributed by atoms with van der Waals surface area (Å²) in [6.07, 6.45) is 0.976. The molecule has 0 aliphatic carbocycles. The summed E-state index contributed by atoms with van der Waals surface area (Å²) in [5.41, 5.74) is 2.22. The first kappa shape index (κ1) is 21.0. The molecule has 3 aromatic rings. The minimum absolute atomic E-state index is 0.196. The number of methoxy groups -OCH3 is 1. The van der Waals surface area contributed by atoms with Crippen LogP contribution in [0.15, 0.2) is 41.2 Å². The van der Waals surface area contributed by atoms with Crippen molar-refractivity contribution < 1.29 is 14.2 Å². The van der Waals surface area contributed by atoms with Crippen molar-refractivity contribution in [1.29, 1.82) is 5.26 Å². The molecule has 1 aromatic heterocycles. The molecule has 0 radical (unpaired) electrons. The van der Waals surface area contributed by atoms with Gasteiger partial charge in [-0.3, -0.25) is 4.79 Å². The fraction of sp³-hybridized carbons (Fsp3) is 0.304. The zero-order chi connectivity index (χ0) is 21.8. The highest BCUT2D eigenvalue weighted by atomic mass is 35.5. The van der Waals surface area contributed by atoms with Gasteiger partial charge in [-0.1, -0.05) is 11.6 Å². The van der Waals surface area contributed by atoms with E-state index in [2.05, 4.69) is 16.4 Å². The summed E-state index contributed by atoms with van der Waals surface area (Å²) in [5, 5.41) is 13.6. The van der Waals surface area contributed by atoms with Crippen LogP contribution in [0.5, 0.6) is 11.5 Å². The summed E-state index contributed by atoms with van der Waals surface area (Å²) in [4.78, 5) is 15.5. The summed E-state index contributed by atoms with van der Waals surface area (Å²) in [7, 11) is 1.51. The Kier molecular flexibility index (Phi) is 6.31. The van der Waals surface area contributed by atoms with Crippen LogP contribution in [0, 0.1) is 17.2 Å². The number of H-pyrrole nitrogens is 1. The van der Waals surface area contributed by atoms with Gasteiger partial charge in [-0.05, 0) is 30.7 Å². The largest absolute Gasteiger partial charge is 0.495 e. The molecular weight excluding hydrogens is 418 g/mol. The molecule has 0 spiro atoms. The number of nitrogens with one attached hydrogen (secondary N) is 2. The molecule has 31 heavy (non-hydrogen) atoms. The molecule has 1 atom stereocenters. The van der Waals surface area contributed by atoms with Gasteiger partial charge in [0.2, 0.25) is 0 Å². The Morgan fingerprint density at radius 3 is 2.90 bits per heavy atom. The molecule has 0 unspecified atom stereocenters. The number of rotatable bonds is 7. The van der Waals surface area contributed by atoms with Crippen LogP contribution in [0.1, 0.15) is 17.5 Å². The van der Waals surface area contributed by atoms with E-state index in [1.807, 2.05) is 6.07 Å². The van der Waals surface area contributed by atoms with Gasteiger partial charge < -0.3 is 24.5 Å².